The number of nitrogens with zero attached hydrogens (tertiary/aromatic N) is 2. The lowest BCUT2D eigenvalue weighted by atomic mass is 10.3. The molecule has 1 aromatic heterocycles. The highest BCUT2D eigenvalue weighted by atomic mass is 16.5. The molecule has 2 N–H and O–H groups in total. The molecule has 2 heterocycles. The van der Waals surface area contributed by atoms with Gasteiger partial charge in [-0.1, -0.05) is 5.16 Å². The van der Waals surface area contributed by atoms with E-state index in [-0.39, 0.29) is 11.9 Å². The smallest absolute Gasteiger partial charge is 0.276 e. The number of carbonyl (C=O) groups excluding carboxylic acids is 1. The van der Waals surface area contributed by atoms with E-state index < -0.39 is 0 Å². The summed E-state index contributed by atoms with van der Waals surface area (Å²) in [6.45, 7) is 1.33. The normalized spacial score (nSPS) is 22.2. The maximum Gasteiger partial charge on any atom is 0.276 e. The van der Waals surface area contributed by atoms with Gasteiger partial charge in [0.15, 0.2) is 5.69 Å². The number of nitrogens with two attached hydrogens (primary N) is 1. The Morgan fingerprint density at radius 1 is 1.77 bits per heavy atom. The van der Waals surface area contributed by atoms with Crippen LogP contribution in [0, 0.1) is 0 Å². The maximum absolute atomic E-state index is 11.6. The van der Waals surface area contributed by atoms with Gasteiger partial charge in [0.25, 0.3) is 5.91 Å². The Kier molecular flexibility index (Phi) is 2.02. The minimum atomic E-state index is -0.0956. The summed E-state index contributed by atoms with van der Waals surface area (Å²) in [4.78, 5) is 13.3. The summed E-state index contributed by atoms with van der Waals surface area (Å²) in [5.41, 5.74) is 6.03. The van der Waals surface area contributed by atoms with Gasteiger partial charge in [0.1, 0.15) is 6.26 Å². The lowest BCUT2D eigenvalue weighted by molar-refractivity contribution is 0.0780. The topological polar surface area (TPSA) is 72.4 Å². The number of aromatic nitrogens is 1. The number of rotatable bonds is 1. The molecule has 0 bridgehead atoms. The van der Waals surface area contributed by atoms with E-state index in [4.69, 9.17) is 5.73 Å². The second kappa shape index (κ2) is 3.18. The second-order valence-corrected chi connectivity index (χ2v) is 3.18. The summed E-state index contributed by atoms with van der Waals surface area (Å²) in [6.07, 6.45) is 2.26. The molecule has 1 aliphatic rings. The maximum atomic E-state index is 11.6. The molecule has 1 amide bonds. The van der Waals surface area contributed by atoms with E-state index in [1.54, 1.807) is 11.0 Å². The van der Waals surface area contributed by atoms with Crippen LogP contribution in [0.2, 0.25) is 0 Å². The van der Waals surface area contributed by atoms with Crippen LogP contribution in [0.25, 0.3) is 0 Å². The highest BCUT2D eigenvalue weighted by Crippen LogP contribution is 2.10. The van der Waals surface area contributed by atoms with Gasteiger partial charge in [0.05, 0.1) is 0 Å². The molecule has 1 aromatic rings. The molecule has 1 aliphatic heterocycles. The number of hydrogen-bond donors (Lipinski definition) is 1. The highest BCUT2D eigenvalue weighted by Gasteiger charge is 2.25. The van der Waals surface area contributed by atoms with E-state index in [2.05, 4.69) is 9.68 Å². The average molecular weight is 181 g/mol. The fraction of sp³-hybridized carbons (Fsp3) is 0.500. The number of hydrogen-bond acceptors (Lipinski definition) is 4. The molecule has 5 heteroatoms. The van der Waals surface area contributed by atoms with Gasteiger partial charge >= 0.3 is 0 Å². The van der Waals surface area contributed by atoms with Crippen LogP contribution < -0.4 is 5.73 Å². The first kappa shape index (κ1) is 8.25. The van der Waals surface area contributed by atoms with Gasteiger partial charge in [-0.2, -0.15) is 0 Å². The molecule has 1 atom stereocenters. The third kappa shape index (κ3) is 1.55. The Hall–Kier alpha value is -1.36. The predicted molar refractivity (Wildman–Crippen MR) is 45.0 cm³/mol. The molecule has 0 spiro atoms. The summed E-state index contributed by atoms with van der Waals surface area (Å²) in [5, 5.41) is 3.58. The number of likely N-dealkylation sites (tertiary alicyclic amines) is 1. The van der Waals surface area contributed by atoms with Gasteiger partial charge in [0.2, 0.25) is 0 Å². The molecule has 2 rings (SSSR count). The second-order valence-electron chi connectivity index (χ2n) is 3.18. The Bertz CT molecular complexity index is 296. The molecule has 1 fully saturated rings. The van der Waals surface area contributed by atoms with Crippen LogP contribution in [0.3, 0.4) is 0 Å². The zero-order valence-electron chi connectivity index (χ0n) is 7.14. The van der Waals surface area contributed by atoms with Crippen LogP contribution in [0.4, 0.5) is 0 Å². The monoisotopic (exact) mass is 181 g/mol. The third-order valence-electron chi connectivity index (χ3n) is 2.17. The predicted octanol–water partition coefficient (Wildman–Crippen LogP) is -0.152. The fourth-order valence-corrected chi connectivity index (χ4v) is 1.46. The van der Waals surface area contributed by atoms with Gasteiger partial charge < -0.3 is 15.2 Å². The van der Waals surface area contributed by atoms with Crippen molar-refractivity contribution in [2.75, 3.05) is 13.1 Å². The lowest BCUT2D eigenvalue weighted by Crippen LogP contribution is -2.32. The van der Waals surface area contributed by atoms with E-state index in [0.29, 0.717) is 18.8 Å². The Labute approximate surface area is 75.5 Å². The SMILES string of the molecule is NC1CCN(C(=O)c2ccon2)C1. The first-order valence-electron chi connectivity index (χ1n) is 4.22. The van der Waals surface area contributed by atoms with Crippen molar-refractivity contribution in [2.45, 2.75) is 12.5 Å². The Balaban J connectivity index is 2.06. The van der Waals surface area contributed by atoms with Crippen molar-refractivity contribution in [2.24, 2.45) is 5.73 Å². The Morgan fingerprint density at radius 3 is 3.15 bits per heavy atom. The lowest BCUT2D eigenvalue weighted by Gasteiger charge is -2.12. The molecule has 1 saturated heterocycles. The van der Waals surface area contributed by atoms with Gasteiger partial charge in [-0.3, -0.25) is 4.79 Å². The molecule has 0 saturated carbocycles. The first-order valence-corrected chi connectivity index (χ1v) is 4.22. The van der Waals surface area contributed by atoms with Crippen LogP contribution in [0.15, 0.2) is 16.9 Å². The van der Waals surface area contributed by atoms with Crippen molar-refractivity contribution < 1.29 is 9.32 Å². The van der Waals surface area contributed by atoms with Crippen LogP contribution >= 0.6 is 0 Å². The van der Waals surface area contributed by atoms with E-state index >= 15 is 0 Å². The third-order valence-corrected chi connectivity index (χ3v) is 2.17. The molecule has 0 radical (unpaired) electrons. The summed E-state index contributed by atoms with van der Waals surface area (Å²) in [6, 6.07) is 1.67. The summed E-state index contributed by atoms with van der Waals surface area (Å²) in [5.74, 6) is -0.0956. The van der Waals surface area contributed by atoms with Crippen molar-refractivity contribution in [3.05, 3.63) is 18.0 Å². The van der Waals surface area contributed by atoms with Crippen molar-refractivity contribution in [3.63, 3.8) is 0 Å². The van der Waals surface area contributed by atoms with Crippen LogP contribution in [0.5, 0.6) is 0 Å². The van der Waals surface area contributed by atoms with E-state index in [1.807, 2.05) is 0 Å². The first-order chi connectivity index (χ1) is 6.27. The van der Waals surface area contributed by atoms with Gasteiger partial charge in [-0.25, -0.2) is 0 Å². The Morgan fingerprint density at radius 2 is 2.62 bits per heavy atom. The van der Waals surface area contributed by atoms with Crippen molar-refractivity contribution in [3.8, 4) is 0 Å². The zero-order valence-corrected chi connectivity index (χ0v) is 7.14. The molecule has 0 aliphatic carbocycles. The van der Waals surface area contributed by atoms with E-state index in [1.165, 1.54) is 6.26 Å². The zero-order chi connectivity index (χ0) is 9.26. The van der Waals surface area contributed by atoms with Gasteiger partial charge in [0, 0.05) is 25.2 Å². The standard InChI is InChI=1S/C8H11N3O2/c9-6-1-3-11(5-6)8(12)7-2-4-13-10-7/h2,4,6H,1,3,5,9H2. The molecular weight excluding hydrogens is 170 g/mol. The van der Waals surface area contributed by atoms with Crippen LogP contribution in [-0.4, -0.2) is 35.1 Å². The molecule has 70 valence electrons. The largest absolute Gasteiger partial charge is 0.364 e. The van der Waals surface area contributed by atoms with Gasteiger partial charge in [-0.15, -0.1) is 0 Å². The van der Waals surface area contributed by atoms with Crippen molar-refractivity contribution in [1.29, 1.82) is 0 Å². The minimum Gasteiger partial charge on any atom is -0.364 e. The van der Waals surface area contributed by atoms with Crippen LogP contribution in [0.1, 0.15) is 16.9 Å². The quantitative estimate of drug-likeness (QED) is 0.653. The van der Waals surface area contributed by atoms with E-state index in [9.17, 15) is 4.79 Å². The molecule has 5 nitrogen and oxygen atoms in total. The number of carbonyl (C=O) groups is 1. The van der Waals surface area contributed by atoms with Crippen molar-refractivity contribution >= 4 is 5.91 Å². The summed E-state index contributed by atoms with van der Waals surface area (Å²) < 4.78 is 4.59. The van der Waals surface area contributed by atoms with Gasteiger partial charge in [-0.05, 0) is 6.42 Å². The molecule has 13 heavy (non-hydrogen) atoms. The minimum absolute atomic E-state index is 0.0956. The summed E-state index contributed by atoms with van der Waals surface area (Å²) >= 11 is 0. The van der Waals surface area contributed by atoms with E-state index in [0.717, 1.165) is 6.42 Å². The number of amides is 1. The fourth-order valence-electron chi connectivity index (χ4n) is 1.46. The highest BCUT2D eigenvalue weighted by molar-refractivity contribution is 5.92. The van der Waals surface area contributed by atoms with Crippen LogP contribution in [-0.2, 0) is 0 Å². The average Bonchev–Trinajstić information content (AvgIpc) is 2.72. The molecule has 0 aromatic carbocycles. The molecular formula is C8H11N3O2. The molecule has 1 unspecified atom stereocenters. The summed E-state index contributed by atoms with van der Waals surface area (Å²) in [7, 11) is 0. The van der Waals surface area contributed by atoms with Crippen molar-refractivity contribution in [1.82, 2.24) is 10.1 Å².